The highest BCUT2D eigenvalue weighted by Gasteiger charge is 2.11. The third-order valence-corrected chi connectivity index (χ3v) is 6.03. The summed E-state index contributed by atoms with van der Waals surface area (Å²) in [7, 11) is 4.51. The van der Waals surface area contributed by atoms with E-state index in [0.717, 1.165) is 23.1 Å². The molecule has 0 radical (unpaired) electrons. The standard InChI is InChI=1S/C24H52N2O3P/c1-6-7-8-9-10-11-12-13-14-15-16-17-18-19-24(2)25-20-22-28-30(27)29-23-21-26(3,4)5/h25,27H,2,6-23H2,1,3-5H3/q+1. The molecule has 2 N–H and O–H groups in total. The van der Waals surface area contributed by atoms with Gasteiger partial charge in [0.05, 0.1) is 27.7 Å². The van der Waals surface area contributed by atoms with Crippen LogP contribution in [0.2, 0.25) is 0 Å². The average Bonchev–Trinajstić information content (AvgIpc) is 2.68. The second-order valence-corrected chi connectivity index (χ2v) is 10.4. The van der Waals surface area contributed by atoms with Gasteiger partial charge in [-0.05, 0) is 12.8 Å². The quantitative estimate of drug-likeness (QED) is 0.106. The Morgan fingerprint density at radius 1 is 0.800 bits per heavy atom. The van der Waals surface area contributed by atoms with Gasteiger partial charge in [0.2, 0.25) is 0 Å². The maximum atomic E-state index is 9.71. The summed E-state index contributed by atoms with van der Waals surface area (Å²) < 4.78 is 11.4. The lowest BCUT2D eigenvalue weighted by molar-refractivity contribution is -0.870. The Hall–Kier alpha value is -0.190. The molecule has 30 heavy (non-hydrogen) atoms. The van der Waals surface area contributed by atoms with E-state index in [0.29, 0.717) is 19.8 Å². The average molecular weight is 448 g/mol. The summed E-state index contributed by atoms with van der Waals surface area (Å²) in [4.78, 5) is 9.71. The Morgan fingerprint density at radius 3 is 1.77 bits per heavy atom. The molecule has 0 aromatic carbocycles. The fourth-order valence-electron chi connectivity index (χ4n) is 3.23. The lowest BCUT2D eigenvalue weighted by Gasteiger charge is -2.23. The van der Waals surface area contributed by atoms with E-state index in [1.165, 1.54) is 83.5 Å². The van der Waals surface area contributed by atoms with Crippen molar-refractivity contribution in [1.82, 2.24) is 5.32 Å². The predicted octanol–water partition coefficient (Wildman–Crippen LogP) is 6.53. The fourth-order valence-corrected chi connectivity index (χ4v) is 3.79. The Balaban J connectivity index is 3.30. The van der Waals surface area contributed by atoms with Crippen molar-refractivity contribution in [1.29, 1.82) is 0 Å². The molecule has 5 nitrogen and oxygen atoms in total. The van der Waals surface area contributed by atoms with Crippen LogP contribution >= 0.6 is 8.60 Å². The van der Waals surface area contributed by atoms with Crippen LogP contribution in [0.3, 0.4) is 0 Å². The van der Waals surface area contributed by atoms with Crippen LogP contribution < -0.4 is 5.32 Å². The van der Waals surface area contributed by atoms with E-state index in [2.05, 4.69) is 40.0 Å². The van der Waals surface area contributed by atoms with Crippen molar-refractivity contribution < 1.29 is 18.4 Å². The highest BCUT2D eigenvalue weighted by Crippen LogP contribution is 2.32. The minimum atomic E-state index is -1.77. The maximum Gasteiger partial charge on any atom is 0.330 e. The second-order valence-electron chi connectivity index (χ2n) is 9.44. The molecule has 0 saturated heterocycles. The van der Waals surface area contributed by atoms with E-state index in [9.17, 15) is 4.89 Å². The lowest BCUT2D eigenvalue weighted by atomic mass is 10.0. The van der Waals surface area contributed by atoms with Gasteiger partial charge in [-0.25, -0.2) is 0 Å². The van der Waals surface area contributed by atoms with E-state index in [1.54, 1.807) is 0 Å². The highest BCUT2D eigenvalue weighted by molar-refractivity contribution is 7.40. The zero-order chi connectivity index (χ0) is 22.5. The van der Waals surface area contributed by atoms with Gasteiger partial charge >= 0.3 is 8.60 Å². The molecule has 0 spiro atoms. The smallest absolute Gasteiger partial charge is 0.330 e. The zero-order valence-electron chi connectivity index (χ0n) is 20.6. The number of nitrogens with one attached hydrogen (secondary N) is 1. The molecule has 0 rings (SSSR count). The third-order valence-electron chi connectivity index (χ3n) is 5.22. The summed E-state index contributed by atoms with van der Waals surface area (Å²) in [6, 6.07) is 0. The molecule has 0 fully saturated rings. The number of rotatable bonds is 23. The van der Waals surface area contributed by atoms with Gasteiger partial charge in [-0.15, -0.1) is 0 Å². The van der Waals surface area contributed by atoms with Crippen LogP contribution in [0.5, 0.6) is 0 Å². The maximum absolute atomic E-state index is 9.71. The van der Waals surface area contributed by atoms with Crippen LogP contribution in [0, 0.1) is 0 Å². The van der Waals surface area contributed by atoms with Crippen molar-refractivity contribution in [3.8, 4) is 0 Å². The molecule has 0 aliphatic carbocycles. The van der Waals surface area contributed by atoms with Crippen molar-refractivity contribution in [2.24, 2.45) is 0 Å². The van der Waals surface area contributed by atoms with E-state index in [4.69, 9.17) is 9.05 Å². The van der Waals surface area contributed by atoms with Crippen LogP contribution in [-0.2, 0) is 9.05 Å². The minimum Gasteiger partial charge on any atom is -0.386 e. The second kappa shape index (κ2) is 20.7. The van der Waals surface area contributed by atoms with Gasteiger partial charge in [0.25, 0.3) is 0 Å². The molecule has 0 aromatic rings. The summed E-state index contributed by atoms with van der Waals surface area (Å²) in [6.07, 6.45) is 18.9. The molecular formula is C24H52N2O3P+. The molecule has 0 heterocycles. The first kappa shape index (κ1) is 29.8. The first-order valence-electron chi connectivity index (χ1n) is 12.3. The topological polar surface area (TPSA) is 50.7 Å². The number of unbranched alkanes of at least 4 members (excludes halogenated alkanes) is 12. The molecule has 0 bridgehead atoms. The van der Waals surface area contributed by atoms with Gasteiger partial charge < -0.3 is 23.7 Å². The zero-order valence-corrected chi connectivity index (χ0v) is 21.5. The third kappa shape index (κ3) is 24.1. The summed E-state index contributed by atoms with van der Waals surface area (Å²) in [5.74, 6) is 0. The molecule has 0 saturated carbocycles. The van der Waals surface area contributed by atoms with Crippen molar-refractivity contribution in [3.05, 3.63) is 12.3 Å². The molecule has 180 valence electrons. The molecule has 0 aliphatic rings. The van der Waals surface area contributed by atoms with E-state index in [1.807, 2.05) is 0 Å². The van der Waals surface area contributed by atoms with E-state index >= 15 is 0 Å². The molecular weight excluding hydrogens is 395 g/mol. The number of allylic oxidation sites excluding steroid dienone is 1. The Morgan fingerprint density at radius 2 is 1.27 bits per heavy atom. The van der Waals surface area contributed by atoms with Crippen molar-refractivity contribution in [2.45, 2.75) is 96.8 Å². The number of quaternary nitrogens is 1. The van der Waals surface area contributed by atoms with Gasteiger partial charge in [-0.3, -0.25) is 0 Å². The van der Waals surface area contributed by atoms with Crippen molar-refractivity contribution >= 4 is 8.60 Å². The predicted molar refractivity (Wildman–Crippen MR) is 131 cm³/mol. The summed E-state index contributed by atoms with van der Waals surface area (Å²) in [5, 5.41) is 3.28. The SMILES string of the molecule is C=C(CCCCCCCCCCCCCCC)NCCOP(O)OCC[N+](C)(C)C. The van der Waals surface area contributed by atoms with Crippen LogP contribution in [0.15, 0.2) is 12.3 Å². The normalized spacial score (nSPS) is 12.8. The number of hydrogen-bond donors (Lipinski definition) is 2. The van der Waals surface area contributed by atoms with Gasteiger partial charge in [0, 0.05) is 12.2 Å². The van der Waals surface area contributed by atoms with Crippen LogP contribution in [0.1, 0.15) is 96.8 Å². The van der Waals surface area contributed by atoms with E-state index in [-0.39, 0.29) is 0 Å². The lowest BCUT2D eigenvalue weighted by Crippen LogP contribution is -2.37. The highest BCUT2D eigenvalue weighted by atomic mass is 31.2. The molecule has 6 heteroatoms. The Bertz CT molecular complexity index is 389. The first-order valence-corrected chi connectivity index (χ1v) is 13.4. The van der Waals surface area contributed by atoms with Gasteiger partial charge in [-0.1, -0.05) is 90.6 Å². The number of hydrogen-bond acceptors (Lipinski definition) is 4. The number of nitrogens with zero attached hydrogens (tertiary/aromatic N) is 1. The van der Waals surface area contributed by atoms with E-state index < -0.39 is 8.60 Å². The van der Waals surface area contributed by atoms with Gasteiger partial charge in [0.1, 0.15) is 13.2 Å². The fraction of sp³-hybridized carbons (Fsp3) is 0.917. The largest absolute Gasteiger partial charge is 0.386 e. The first-order chi connectivity index (χ1) is 14.3. The number of likely N-dealkylation sites (N-methyl/N-ethyl adjacent to an activating group) is 1. The van der Waals surface area contributed by atoms with Crippen LogP contribution in [-0.4, -0.2) is 56.8 Å². The monoisotopic (exact) mass is 447 g/mol. The molecule has 1 atom stereocenters. The van der Waals surface area contributed by atoms with Gasteiger partial charge in [0.15, 0.2) is 0 Å². The van der Waals surface area contributed by atoms with Crippen LogP contribution in [0.4, 0.5) is 0 Å². The van der Waals surface area contributed by atoms with Crippen molar-refractivity contribution in [3.63, 3.8) is 0 Å². The Kier molecular flexibility index (Phi) is 20.6. The molecule has 0 aromatic heterocycles. The molecule has 0 aliphatic heterocycles. The summed E-state index contributed by atoms with van der Waals surface area (Å²) >= 11 is 0. The molecule has 1 unspecified atom stereocenters. The summed E-state index contributed by atoms with van der Waals surface area (Å²) in [5.41, 5.74) is 1.06. The van der Waals surface area contributed by atoms with Crippen LogP contribution in [0.25, 0.3) is 0 Å². The summed E-state index contributed by atoms with van der Waals surface area (Å²) in [6.45, 7) is 8.81. The molecule has 0 amide bonds. The van der Waals surface area contributed by atoms with Gasteiger partial charge in [-0.2, -0.15) is 0 Å². The minimum absolute atomic E-state index is 0.435. The van der Waals surface area contributed by atoms with Crippen molar-refractivity contribution in [2.75, 3.05) is 47.4 Å². The Labute approximate surface area is 189 Å².